The average molecular weight is 428 g/mol. The summed E-state index contributed by atoms with van der Waals surface area (Å²) in [6.07, 6.45) is 3.51. The highest BCUT2D eigenvalue weighted by Crippen LogP contribution is 2.41. The van der Waals surface area contributed by atoms with Gasteiger partial charge in [-0.15, -0.1) is 11.3 Å². The van der Waals surface area contributed by atoms with Gasteiger partial charge in [-0.1, -0.05) is 12.1 Å². The predicted molar refractivity (Wildman–Crippen MR) is 121 cm³/mol. The molecule has 0 radical (unpaired) electrons. The zero-order chi connectivity index (χ0) is 20.8. The lowest BCUT2D eigenvalue weighted by Crippen LogP contribution is -2.17. The zero-order valence-corrected chi connectivity index (χ0v) is 17.4. The van der Waals surface area contributed by atoms with Crippen molar-refractivity contribution >= 4 is 61.3 Å². The fraction of sp³-hybridized carbons (Fsp3) is 0.0435. The highest BCUT2D eigenvalue weighted by Gasteiger charge is 2.25. The molecule has 0 saturated carbocycles. The van der Waals surface area contributed by atoms with E-state index in [1.165, 1.54) is 0 Å². The molecular formula is C23H13N3O2S2. The van der Waals surface area contributed by atoms with E-state index in [2.05, 4.69) is 23.3 Å². The number of carbonyl (C=O) groups is 2. The van der Waals surface area contributed by atoms with Gasteiger partial charge in [0.1, 0.15) is 0 Å². The number of fused-ring (bicyclic) bond motifs is 2. The first kappa shape index (κ1) is 18.6. The van der Waals surface area contributed by atoms with Crippen LogP contribution in [0.2, 0.25) is 0 Å². The molecule has 2 aromatic carbocycles. The van der Waals surface area contributed by atoms with Gasteiger partial charge in [0, 0.05) is 26.7 Å². The van der Waals surface area contributed by atoms with Crippen LogP contribution in [0, 0.1) is 18.3 Å². The standard InChI is InChI=1S/C23H13N3O2S2/c1-12-15-4-2-14(11-24)10-19(15)29-21(12)16-6-7-25-18-5-3-13(8-17(16)18)9-20-22(27)26-23(28)30-20/h2-10H,1H3,(H,26,27,28). The Morgan fingerprint density at radius 3 is 2.73 bits per heavy atom. The largest absolute Gasteiger partial charge is 0.290 e. The number of nitrogens with one attached hydrogen (secondary N) is 1. The second-order valence-corrected chi connectivity index (χ2v) is 8.93. The molecule has 1 aliphatic heterocycles. The first-order valence-electron chi connectivity index (χ1n) is 9.11. The van der Waals surface area contributed by atoms with Crippen LogP contribution in [0.25, 0.3) is 37.5 Å². The monoisotopic (exact) mass is 427 g/mol. The van der Waals surface area contributed by atoms with Crippen LogP contribution in [0.15, 0.2) is 53.6 Å². The quantitative estimate of drug-likeness (QED) is 0.420. The van der Waals surface area contributed by atoms with E-state index in [9.17, 15) is 14.9 Å². The van der Waals surface area contributed by atoms with Crippen LogP contribution in [0.5, 0.6) is 0 Å². The fourth-order valence-electron chi connectivity index (χ4n) is 3.58. The van der Waals surface area contributed by atoms with Crippen molar-refractivity contribution in [1.82, 2.24) is 10.3 Å². The molecule has 5 rings (SSSR count). The number of hydrogen-bond donors (Lipinski definition) is 1. The number of aryl methyl sites for hydroxylation is 1. The number of thioether (sulfide) groups is 1. The Morgan fingerprint density at radius 1 is 1.10 bits per heavy atom. The number of rotatable bonds is 2. The van der Waals surface area contributed by atoms with Crippen LogP contribution in [0.1, 0.15) is 16.7 Å². The minimum Gasteiger partial charge on any atom is -0.282 e. The molecular weight excluding hydrogens is 414 g/mol. The predicted octanol–water partition coefficient (Wildman–Crippen LogP) is 5.62. The van der Waals surface area contributed by atoms with Gasteiger partial charge in [-0.25, -0.2) is 0 Å². The molecule has 0 aliphatic carbocycles. The van der Waals surface area contributed by atoms with E-state index in [0.29, 0.717) is 10.5 Å². The number of aromatic nitrogens is 1. The third-order valence-electron chi connectivity index (χ3n) is 5.02. The maximum atomic E-state index is 11.9. The number of imide groups is 1. The van der Waals surface area contributed by atoms with Gasteiger partial charge in [-0.05, 0) is 71.6 Å². The molecule has 1 saturated heterocycles. The molecule has 1 aliphatic rings. The van der Waals surface area contributed by atoms with Crippen molar-refractivity contribution in [3.8, 4) is 16.5 Å². The molecule has 0 atom stereocenters. The highest BCUT2D eigenvalue weighted by atomic mass is 32.2. The van der Waals surface area contributed by atoms with Crippen molar-refractivity contribution in [3.05, 3.63) is 70.3 Å². The molecule has 5 nitrogen and oxygen atoms in total. The zero-order valence-electron chi connectivity index (χ0n) is 15.7. The van der Waals surface area contributed by atoms with Crippen molar-refractivity contribution in [2.24, 2.45) is 0 Å². The van der Waals surface area contributed by atoms with Crippen molar-refractivity contribution in [2.75, 3.05) is 0 Å². The van der Waals surface area contributed by atoms with Crippen molar-refractivity contribution in [1.29, 1.82) is 5.26 Å². The number of amides is 2. The third-order valence-corrected chi connectivity index (χ3v) is 7.12. The number of nitriles is 1. The van der Waals surface area contributed by atoms with Gasteiger partial charge in [-0.3, -0.25) is 19.9 Å². The molecule has 7 heteroatoms. The van der Waals surface area contributed by atoms with Gasteiger partial charge in [0.2, 0.25) is 0 Å². The van der Waals surface area contributed by atoms with Crippen LogP contribution in [0.4, 0.5) is 4.79 Å². The van der Waals surface area contributed by atoms with Crippen LogP contribution in [0.3, 0.4) is 0 Å². The van der Waals surface area contributed by atoms with Crippen LogP contribution in [-0.2, 0) is 4.79 Å². The smallest absolute Gasteiger partial charge is 0.282 e. The lowest BCUT2D eigenvalue weighted by Gasteiger charge is -2.07. The Bertz CT molecular complexity index is 1460. The summed E-state index contributed by atoms with van der Waals surface area (Å²) in [6.45, 7) is 2.09. The molecule has 144 valence electrons. The molecule has 1 N–H and O–H groups in total. The molecule has 30 heavy (non-hydrogen) atoms. The van der Waals surface area contributed by atoms with Gasteiger partial charge in [0.05, 0.1) is 22.1 Å². The molecule has 1 fully saturated rings. The van der Waals surface area contributed by atoms with E-state index in [0.717, 1.165) is 54.3 Å². The van der Waals surface area contributed by atoms with Gasteiger partial charge in [-0.2, -0.15) is 5.26 Å². The summed E-state index contributed by atoms with van der Waals surface area (Å²) in [6, 6.07) is 15.7. The molecule has 2 amide bonds. The van der Waals surface area contributed by atoms with Gasteiger partial charge in [0.25, 0.3) is 11.1 Å². The summed E-state index contributed by atoms with van der Waals surface area (Å²) in [4.78, 5) is 29.3. The average Bonchev–Trinajstić information content (AvgIpc) is 3.25. The van der Waals surface area contributed by atoms with E-state index in [4.69, 9.17) is 0 Å². The van der Waals surface area contributed by atoms with E-state index in [1.807, 2.05) is 42.5 Å². The summed E-state index contributed by atoms with van der Waals surface area (Å²) >= 11 is 2.56. The number of thiophene rings is 1. The van der Waals surface area contributed by atoms with Crippen molar-refractivity contribution in [2.45, 2.75) is 6.92 Å². The summed E-state index contributed by atoms with van der Waals surface area (Å²) in [5.41, 5.74) is 4.54. The Balaban J connectivity index is 1.69. The maximum absolute atomic E-state index is 11.9. The lowest BCUT2D eigenvalue weighted by molar-refractivity contribution is -0.115. The Labute approximate surface area is 180 Å². The van der Waals surface area contributed by atoms with E-state index in [1.54, 1.807) is 23.6 Å². The Kier molecular flexibility index (Phi) is 4.39. The van der Waals surface area contributed by atoms with E-state index in [-0.39, 0.29) is 11.1 Å². The molecule has 4 aromatic rings. The number of pyridine rings is 1. The first-order chi connectivity index (χ1) is 14.5. The maximum Gasteiger partial charge on any atom is 0.290 e. The topological polar surface area (TPSA) is 82.8 Å². The third kappa shape index (κ3) is 3.07. The minimum absolute atomic E-state index is 0.355. The summed E-state index contributed by atoms with van der Waals surface area (Å²) < 4.78 is 1.07. The Morgan fingerprint density at radius 2 is 1.97 bits per heavy atom. The summed E-state index contributed by atoms with van der Waals surface area (Å²) in [7, 11) is 0. The van der Waals surface area contributed by atoms with E-state index >= 15 is 0 Å². The molecule has 0 unspecified atom stereocenters. The number of benzene rings is 2. The number of nitrogens with zero attached hydrogens (tertiary/aromatic N) is 2. The van der Waals surface area contributed by atoms with Gasteiger partial charge >= 0.3 is 0 Å². The van der Waals surface area contributed by atoms with Gasteiger partial charge in [0.15, 0.2) is 0 Å². The number of carbonyl (C=O) groups excluding carboxylic acids is 2. The van der Waals surface area contributed by atoms with Crippen molar-refractivity contribution < 1.29 is 9.59 Å². The Hall–Kier alpha value is -3.47. The van der Waals surface area contributed by atoms with Gasteiger partial charge < -0.3 is 0 Å². The molecule has 0 spiro atoms. The normalized spacial score (nSPS) is 15.1. The lowest BCUT2D eigenvalue weighted by atomic mass is 10.0. The second kappa shape index (κ2) is 7.10. The molecule has 2 aromatic heterocycles. The summed E-state index contributed by atoms with van der Waals surface area (Å²) in [5, 5.41) is 13.2. The fourth-order valence-corrected chi connectivity index (χ4v) is 5.55. The minimum atomic E-state index is -0.370. The first-order valence-corrected chi connectivity index (χ1v) is 10.7. The van der Waals surface area contributed by atoms with Crippen LogP contribution >= 0.6 is 23.1 Å². The number of hydrogen-bond acceptors (Lipinski definition) is 6. The van der Waals surface area contributed by atoms with Crippen molar-refractivity contribution in [3.63, 3.8) is 0 Å². The second-order valence-electron chi connectivity index (χ2n) is 6.87. The molecule has 0 bridgehead atoms. The molecule has 3 heterocycles. The highest BCUT2D eigenvalue weighted by molar-refractivity contribution is 8.18. The SMILES string of the molecule is Cc1c(-c2ccnc3ccc(C=C4SC(=O)NC4=O)cc23)sc2cc(C#N)ccc12. The van der Waals surface area contributed by atoms with E-state index < -0.39 is 0 Å². The van der Waals surface area contributed by atoms with Crippen LogP contribution in [-0.4, -0.2) is 16.1 Å². The van der Waals surface area contributed by atoms with Crippen LogP contribution < -0.4 is 5.32 Å². The summed E-state index contributed by atoms with van der Waals surface area (Å²) in [5.74, 6) is -0.370.